The molecule has 2 aromatic rings. The number of aromatic nitrogens is 1. The number of carbonyl (C=O) groups is 1. The largest absolute Gasteiger partial charge is 0.475 e. The van der Waals surface area contributed by atoms with E-state index < -0.39 is 5.97 Å². The molecule has 0 atom stereocenters. The standard InChI is InChI=1S/C9H7NO3/c11-9(12)8-4-3-7(13-8)6-2-1-5-10-6/h1-5,10H,(H,11,12). The van der Waals surface area contributed by atoms with Gasteiger partial charge in [-0.1, -0.05) is 0 Å². The van der Waals surface area contributed by atoms with E-state index in [4.69, 9.17) is 9.52 Å². The van der Waals surface area contributed by atoms with Crippen LogP contribution in [0.1, 0.15) is 10.6 Å². The third-order valence-corrected chi connectivity index (χ3v) is 1.68. The first kappa shape index (κ1) is 7.67. The molecule has 2 aromatic heterocycles. The normalized spacial score (nSPS) is 10.2. The Balaban J connectivity index is 2.39. The minimum absolute atomic E-state index is 0.0513. The van der Waals surface area contributed by atoms with E-state index in [9.17, 15) is 4.79 Å². The Morgan fingerprint density at radius 1 is 1.38 bits per heavy atom. The third kappa shape index (κ3) is 1.33. The summed E-state index contributed by atoms with van der Waals surface area (Å²) >= 11 is 0. The van der Waals surface area contributed by atoms with Gasteiger partial charge >= 0.3 is 5.97 Å². The molecule has 0 aliphatic heterocycles. The summed E-state index contributed by atoms with van der Waals surface area (Å²) in [7, 11) is 0. The summed E-state index contributed by atoms with van der Waals surface area (Å²) in [6, 6.07) is 6.68. The fourth-order valence-corrected chi connectivity index (χ4v) is 1.08. The molecule has 4 heteroatoms. The maximum absolute atomic E-state index is 10.5. The zero-order valence-corrected chi connectivity index (χ0v) is 6.65. The van der Waals surface area contributed by atoms with Gasteiger partial charge in [0.25, 0.3) is 0 Å². The van der Waals surface area contributed by atoms with Crippen molar-refractivity contribution in [1.29, 1.82) is 0 Å². The molecule has 2 heterocycles. The lowest BCUT2D eigenvalue weighted by Crippen LogP contribution is -1.91. The Morgan fingerprint density at radius 2 is 2.23 bits per heavy atom. The van der Waals surface area contributed by atoms with Gasteiger partial charge in [-0.2, -0.15) is 0 Å². The summed E-state index contributed by atoms with van der Waals surface area (Å²) < 4.78 is 5.06. The number of nitrogens with one attached hydrogen (secondary N) is 1. The molecule has 13 heavy (non-hydrogen) atoms. The zero-order chi connectivity index (χ0) is 9.26. The van der Waals surface area contributed by atoms with Crippen LogP contribution in [-0.2, 0) is 0 Å². The minimum Gasteiger partial charge on any atom is -0.475 e. The fraction of sp³-hybridized carbons (Fsp3) is 0. The van der Waals surface area contributed by atoms with Gasteiger partial charge in [0, 0.05) is 6.20 Å². The Labute approximate surface area is 73.8 Å². The highest BCUT2D eigenvalue weighted by Crippen LogP contribution is 2.19. The van der Waals surface area contributed by atoms with Crippen molar-refractivity contribution in [1.82, 2.24) is 4.98 Å². The number of rotatable bonds is 2. The van der Waals surface area contributed by atoms with Crippen molar-refractivity contribution < 1.29 is 14.3 Å². The smallest absolute Gasteiger partial charge is 0.371 e. The van der Waals surface area contributed by atoms with Crippen LogP contribution >= 0.6 is 0 Å². The highest BCUT2D eigenvalue weighted by Gasteiger charge is 2.09. The van der Waals surface area contributed by atoms with Gasteiger partial charge in [0.2, 0.25) is 5.76 Å². The Hall–Kier alpha value is -1.97. The average molecular weight is 177 g/mol. The van der Waals surface area contributed by atoms with Gasteiger partial charge in [-0.05, 0) is 24.3 Å². The number of aromatic amines is 1. The van der Waals surface area contributed by atoms with Crippen molar-refractivity contribution >= 4 is 5.97 Å². The Morgan fingerprint density at radius 3 is 2.77 bits per heavy atom. The predicted octanol–water partition coefficient (Wildman–Crippen LogP) is 1.97. The van der Waals surface area contributed by atoms with Crippen LogP contribution in [0.5, 0.6) is 0 Å². The Bertz CT molecular complexity index is 414. The maximum atomic E-state index is 10.5. The van der Waals surface area contributed by atoms with E-state index in [-0.39, 0.29) is 5.76 Å². The summed E-state index contributed by atoms with van der Waals surface area (Å²) in [6.07, 6.45) is 1.75. The van der Waals surface area contributed by atoms with Crippen LogP contribution in [0.15, 0.2) is 34.9 Å². The van der Waals surface area contributed by atoms with Crippen molar-refractivity contribution in [3.63, 3.8) is 0 Å². The van der Waals surface area contributed by atoms with Gasteiger partial charge in [0.15, 0.2) is 5.76 Å². The monoisotopic (exact) mass is 177 g/mol. The Kier molecular flexibility index (Phi) is 1.66. The van der Waals surface area contributed by atoms with E-state index >= 15 is 0 Å². The van der Waals surface area contributed by atoms with Gasteiger partial charge in [0.05, 0.1) is 5.69 Å². The quantitative estimate of drug-likeness (QED) is 0.736. The van der Waals surface area contributed by atoms with Crippen molar-refractivity contribution in [2.24, 2.45) is 0 Å². The van der Waals surface area contributed by atoms with Gasteiger partial charge in [0.1, 0.15) is 0 Å². The first-order valence-corrected chi connectivity index (χ1v) is 3.74. The molecule has 0 unspecified atom stereocenters. The van der Waals surface area contributed by atoms with Gasteiger partial charge in [-0.3, -0.25) is 0 Å². The maximum Gasteiger partial charge on any atom is 0.371 e. The second-order valence-electron chi connectivity index (χ2n) is 2.55. The molecule has 4 nitrogen and oxygen atoms in total. The third-order valence-electron chi connectivity index (χ3n) is 1.68. The van der Waals surface area contributed by atoms with Gasteiger partial charge in [-0.15, -0.1) is 0 Å². The highest BCUT2D eigenvalue weighted by atomic mass is 16.4. The van der Waals surface area contributed by atoms with Gasteiger partial charge < -0.3 is 14.5 Å². The van der Waals surface area contributed by atoms with Gasteiger partial charge in [-0.25, -0.2) is 4.79 Å². The number of H-pyrrole nitrogens is 1. The predicted molar refractivity (Wildman–Crippen MR) is 45.5 cm³/mol. The molecule has 66 valence electrons. The van der Waals surface area contributed by atoms with Crippen LogP contribution in [0, 0.1) is 0 Å². The zero-order valence-electron chi connectivity index (χ0n) is 6.65. The lowest BCUT2D eigenvalue weighted by Gasteiger charge is -1.89. The van der Waals surface area contributed by atoms with E-state index in [0.717, 1.165) is 5.69 Å². The number of hydrogen-bond acceptors (Lipinski definition) is 2. The number of carboxylic acid groups (broad SMARTS) is 1. The molecule has 0 spiro atoms. The van der Waals surface area contributed by atoms with E-state index in [0.29, 0.717) is 5.76 Å². The minimum atomic E-state index is -1.06. The van der Waals surface area contributed by atoms with Crippen molar-refractivity contribution in [2.45, 2.75) is 0 Å². The SMILES string of the molecule is O=C(O)c1ccc(-c2ccc[nH]2)o1. The van der Waals surface area contributed by atoms with Crippen LogP contribution < -0.4 is 0 Å². The molecule has 0 aliphatic rings. The van der Waals surface area contributed by atoms with Crippen molar-refractivity contribution in [2.75, 3.05) is 0 Å². The molecule has 0 aromatic carbocycles. The molecule has 0 saturated heterocycles. The molecule has 0 aliphatic carbocycles. The van der Waals surface area contributed by atoms with E-state index in [1.807, 2.05) is 12.1 Å². The van der Waals surface area contributed by atoms with E-state index in [1.54, 1.807) is 12.3 Å². The van der Waals surface area contributed by atoms with Crippen LogP contribution in [0.2, 0.25) is 0 Å². The fourth-order valence-electron chi connectivity index (χ4n) is 1.08. The molecule has 0 saturated carbocycles. The molecule has 0 fully saturated rings. The first-order valence-electron chi connectivity index (χ1n) is 3.74. The molecular weight excluding hydrogens is 170 g/mol. The van der Waals surface area contributed by atoms with E-state index in [2.05, 4.69) is 4.98 Å². The van der Waals surface area contributed by atoms with Crippen LogP contribution in [-0.4, -0.2) is 16.1 Å². The molecular formula is C9H7NO3. The lowest BCUT2D eigenvalue weighted by atomic mass is 10.3. The molecule has 2 rings (SSSR count). The van der Waals surface area contributed by atoms with Crippen LogP contribution in [0.3, 0.4) is 0 Å². The highest BCUT2D eigenvalue weighted by molar-refractivity contribution is 5.85. The number of aromatic carboxylic acids is 1. The summed E-state index contributed by atoms with van der Waals surface area (Å²) in [5, 5.41) is 8.59. The molecule has 0 radical (unpaired) electrons. The summed E-state index contributed by atoms with van der Waals surface area (Å²) in [6.45, 7) is 0. The number of carboxylic acids is 1. The number of furan rings is 1. The summed E-state index contributed by atoms with van der Waals surface area (Å²) in [4.78, 5) is 13.4. The number of hydrogen-bond donors (Lipinski definition) is 2. The van der Waals surface area contributed by atoms with Crippen molar-refractivity contribution in [3.8, 4) is 11.5 Å². The lowest BCUT2D eigenvalue weighted by molar-refractivity contribution is 0.0663. The second kappa shape index (κ2) is 2.82. The molecule has 0 amide bonds. The van der Waals surface area contributed by atoms with Crippen LogP contribution in [0.25, 0.3) is 11.5 Å². The average Bonchev–Trinajstić information content (AvgIpc) is 2.75. The summed E-state index contributed by atoms with van der Waals surface area (Å²) in [5.74, 6) is -0.579. The first-order chi connectivity index (χ1) is 6.27. The van der Waals surface area contributed by atoms with Crippen molar-refractivity contribution in [3.05, 3.63) is 36.2 Å². The topological polar surface area (TPSA) is 66.2 Å². The molecule has 0 bridgehead atoms. The van der Waals surface area contributed by atoms with Crippen LogP contribution in [0.4, 0.5) is 0 Å². The summed E-state index contributed by atoms with van der Waals surface area (Å²) in [5.41, 5.74) is 0.771. The second-order valence-corrected chi connectivity index (χ2v) is 2.55. The molecule has 2 N–H and O–H groups in total. The van der Waals surface area contributed by atoms with E-state index in [1.165, 1.54) is 6.07 Å².